The summed E-state index contributed by atoms with van der Waals surface area (Å²) in [7, 11) is 0. The highest BCUT2D eigenvalue weighted by Gasteiger charge is 2.16. The second-order valence-electron chi connectivity index (χ2n) is 10.8. The van der Waals surface area contributed by atoms with Crippen LogP contribution < -0.4 is 0 Å². The Labute approximate surface area is 260 Å². The maximum absolute atomic E-state index is 10.1. The second kappa shape index (κ2) is 10.6. The first kappa shape index (κ1) is 27.2. The van der Waals surface area contributed by atoms with Gasteiger partial charge in [-0.1, -0.05) is 56.0 Å². The molecule has 2 heterocycles. The average molecular weight is 576 g/mol. The van der Waals surface area contributed by atoms with Gasteiger partial charge in [0.05, 0.1) is 57.0 Å². The lowest BCUT2D eigenvalue weighted by Gasteiger charge is -2.13. The van der Waals surface area contributed by atoms with Crippen LogP contribution >= 0.6 is 0 Å². The topological polar surface area (TPSA) is 81.2 Å². The van der Waals surface area contributed by atoms with Gasteiger partial charge in [-0.15, -0.1) is 0 Å². The van der Waals surface area contributed by atoms with Gasteiger partial charge < -0.3 is 9.13 Å². The molecule has 5 heteroatoms. The Morgan fingerprint density at radius 3 is 1.47 bits per heavy atom. The quantitative estimate of drug-likeness (QED) is 0.210. The SMILES string of the molecule is C.N#Cc1cc(-c2cccc(-n3c4ccc(C#N)cc4c4cc(C#N)ccc43)c2)cc(-n2c3ccccc3c3ccccc32)c1. The summed E-state index contributed by atoms with van der Waals surface area (Å²) < 4.78 is 4.39. The predicted molar refractivity (Wildman–Crippen MR) is 181 cm³/mol. The first-order chi connectivity index (χ1) is 21.7. The largest absolute Gasteiger partial charge is 0.309 e. The molecule has 0 unspecified atom stereocenters. The van der Waals surface area contributed by atoms with Crippen molar-refractivity contribution in [2.75, 3.05) is 0 Å². The van der Waals surface area contributed by atoms with E-state index in [9.17, 15) is 15.8 Å². The fourth-order valence-corrected chi connectivity index (χ4v) is 6.44. The number of nitriles is 3. The molecule has 0 aliphatic carbocycles. The van der Waals surface area contributed by atoms with Gasteiger partial charge in [0.1, 0.15) is 0 Å². The van der Waals surface area contributed by atoms with Crippen molar-refractivity contribution >= 4 is 43.6 Å². The predicted octanol–water partition coefficient (Wildman–Crippen LogP) is 9.80. The van der Waals surface area contributed by atoms with Crippen LogP contribution in [0.5, 0.6) is 0 Å². The van der Waals surface area contributed by atoms with Gasteiger partial charge in [0, 0.05) is 32.9 Å². The minimum atomic E-state index is 0. The highest BCUT2D eigenvalue weighted by molar-refractivity contribution is 6.11. The Morgan fingerprint density at radius 2 is 0.889 bits per heavy atom. The van der Waals surface area contributed by atoms with Crippen molar-refractivity contribution in [1.82, 2.24) is 9.13 Å². The fraction of sp³-hybridized carbons (Fsp3) is 0.0250. The molecule has 0 fully saturated rings. The maximum atomic E-state index is 10.1. The van der Waals surface area contributed by atoms with Crippen LogP contribution in [0.4, 0.5) is 0 Å². The minimum Gasteiger partial charge on any atom is -0.309 e. The highest BCUT2D eigenvalue weighted by Crippen LogP contribution is 2.36. The van der Waals surface area contributed by atoms with Crippen molar-refractivity contribution < 1.29 is 0 Å². The summed E-state index contributed by atoms with van der Waals surface area (Å²) in [6.45, 7) is 0. The van der Waals surface area contributed by atoms with E-state index in [0.717, 1.165) is 55.3 Å². The zero-order valence-electron chi connectivity index (χ0n) is 23.4. The fourth-order valence-electron chi connectivity index (χ4n) is 6.44. The first-order valence-electron chi connectivity index (χ1n) is 14.2. The third kappa shape index (κ3) is 4.22. The Balaban J connectivity index is 0.00000325. The molecule has 0 saturated heterocycles. The summed E-state index contributed by atoms with van der Waals surface area (Å²) in [5.74, 6) is 0. The zero-order valence-corrected chi connectivity index (χ0v) is 23.4. The number of aromatic nitrogens is 2. The number of nitrogens with zero attached hydrogens (tertiary/aromatic N) is 5. The summed E-state index contributed by atoms with van der Waals surface area (Å²) in [5.41, 5.74) is 9.55. The van der Waals surface area contributed by atoms with Crippen LogP contribution in [-0.4, -0.2) is 9.13 Å². The standard InChI is InChI=1S/C39H21N5.CH4/c40-22-25-12-14-38-34(18-25)35-19-26(23-41)13-15-39(35)43(38)30-7-5-6-28(20-30)29-16-27(24-42)17-31(21-29)44-36-10-3-1-8-32(36)33-9-2-4-11-37(33)44;/h1-21H;1H4. The molecule has 210 valence electrons. The number of rotatable bonds is 3. The highest BCUT2D eigenvalue weighted by atomic mass is 15.0. The molecule has 0 aliphatic heterocycles. The number of hydrogen-bond donors (Lipinski definition) is 0. The molecule has 8 rings (SSSR count). The van der Waals surface area contributed by atoms with Crippen molar-refractivity contribution in [3.63, 3.8) is 0 Å². The molecule has 0 aliphatic rings. The van der Waals surface area contributed by atoms with Crippen molar-refractivity contribution in [2.24, 2.45) is 0 Å². The number of fused-ring (bicyclic) bond motifs is 6. The Bertz CT molecular complexity index is 2470. The molecule has 5 nitrogen and oxygen atoms in total. The third-order valence-corrected chi connectivity index (χ3v) is 8.35. The Morgan fingerprint density at radius 1 is 0.378 bits per heavy atom. The van der Waals surface area contributed by atoms with Crippen molar-refractivity contribution in [1.29, 1.82) is 15.8 Å². The molecule has 0 radical (unpaired) electrons. The van der Waals surface area contributed by atoms with E-state index in [0.29, 0.717) is 16.7 Å². The molecule has 2 aromatic heterocycles. The van der Waals surface area contributed by atoms with E-state index >= 15 is 0 Å². The normalized spacial score (nSPS) is 10.9. The van der Waals surface area contributed by atoms with E-state index in [-0.39, 0.29) is 7.43 Å². The van der Waals surface area contributed by atoms with Gasteiger partial charge >= 0.3 is 0 Å². The lowest BCUT2D eigenvalue weighted by atomic mass is 10.0. The molecule has 45 heavy (non-hydrogen) atoms. The van der Waals surface area contributed by atoms with Crippen LogP contribution in [-0.2, 0) is 0 Å². The van der Waals surface area contributed by atoms with E-state index in [1.54, 1.807) is 0 Å². The van der Waals surface area contributed by atoms with Crippen LogP contribution in [0.2, 0.25) is 0 Å². The van der Waals surface area contributed by atoms with Crippen LogP contribution in [0.3, 0.4) is 0 Å². The lowest BCUT2D eigenvalue weighted by Crippen LogP contribution is -1.97. The molecule has 8 aromatic rings. The van der Waals surface area contributed by atoms with Gasteiger partial charge in [-0.05, 0) is 90.0 Å². The van der Waals surface area contributed by atoms with Crippen molar-refractivity contribution in [3.05, 3.63) is 144 Å². The summed E-state index contributed by atoms with van der Waals surface area (Å²) in [4.78, 5) is 0. The van der Waals surface area contributed by atoms with E-state index in [1.165, 1.54) is 10.8 Å². The molecule has 0 amide bonds. The van der Waals surface area contributed by atoms with E-state index in [4.69, 9.17) is 0 Å². The van der Waals surface area contributed by atoms with Gasteiger partial charge in [-0.3, -0.25) is 0 Å². The van der Waals surface area contributed by atoms with Gasteiger partial charge in [0.25, 0.3) is 0 Å². The number of para-hydroxylation sites is 2. The Kier molecular flexibility index (Phi) is 6.41. The summed E-state index contributed by atoms with van der Waals surface area (Å²) in [6, 6.07) is 49.2. The van der Waals surface area contributed by atoms with Crippen molar-refractivity contribution in [2.45, 2.75) is 7.43 Å². The summed E-state index contributed by atoms with van der Waals surface area (Å²) in [5, 5.41) is 33.4. The Hall–Kier alpha value is -6.61. The monoisotopic (exact) mass is 575 g/mol. The molecule has 6 aromatic carbocycles. The van der Waals surface area contributed by atoms with Crippen LogP contribution in [0.1, 0.15) is 24.1 Å². The van der Waals surface area contributed by atoms with Crippen LogP contribution in [0.15, 0.2) is 127 Å². The molecule has 0 bridgehead atoms. The molecule has 0 atom stereocenters. The van der Waals surface area contributed by atoms with Gasteiger partial charge in [0.2, 0.25) is 0 Å². The van der Waals surface area contributed by atoms with Crippen LogP contribution in [0, 0.1) is 34.0 Å². The first-order valence-corrected chi connectivity index (χ1v) is 14.2. The molecule has 0 saturated carbocycles. The molecule has 0 N–H and O–H groups in total. The second-order valence-corrected chi connectivity index (χ2v) is 10.8. The molecular weight excluding hydrogens is 550 g/mol. The van der Waals surface area contributed by atoms with Gasteiger partial charge in [-0.2, -0.15) is 15.8 Å². The van der Waals surface area contributed by atoms with Crippen molar-refractivity contribution in [3.8, 4) is 40.7 Å². The number of hydrogen-bond acceptors (Lipinski definition) is 3. The molecule has 0 spiro atoms. The third-order valence-electron chi connectivity index (χ3n) is 8.35. The van der Waals surface area contributed by atoms with E-state index in [2.05, 4.69) is 88.0 Å². The lowest BCUT2D eigenvalue weighted by molar-refractivity contribution is 1.17. The van der Waals surface area contributed by atoms with Crippen LogP contribution in [0.25, 0.3) is 66.1 Å². The maximum Gasteiger partial charge on any atom is 0.0992 e. The van der Waals surface area contributed by atoms with E-state index in [1.807, 2.05) is 66.7 Å². The zero-order chi connectivity index (χ0) is 29.8. The van der Waals surface area contributed by atoms with E-state index < -0.39 is 0 Å². The summed E-state index contributed by atoms with van der Waals surface area (Å²) in [6.07, 6.45) is 0. The van der Waals surface area contributed by atoms with Gasteiger partial charge in [-0.25, -0.2) is 0 Å². The van der Waals surface area contributed by atoms with Gasteiger partial charge in [0.15, 0.2) is 0 Å². The smallest absolute Gasteiger partial charge is 0.0992 e. The molecular formula is C40H25N5. The number of benzene rings is 6. The minimum absolute atomic E-state index is 0. The average Bonchev–Trinajstić information content (AvgIpc) is 3.60. The summed E-state index contributed by atoms with van der Waals surface area (Å²) >= 11 is 0.